The van der Waals surface area contributed by atoms with Gasteiger partial charge in [-0.05, 0) is 29.0 Å². The van der Waals surface area contributed by atoms with Crippen molar-refractivity contribution < 1.29 is 14.7 Å². The van der Waals surface area contributed by atoms with Crippen LogP contribution in [0, 0.1) is 4.91 Å². The number of aromatic nitrogens is 2. The first-order valence-electron chi connectivity index (χ1n) is 6.48. The van der Waals surface area contributed by atoms with Crippen molar-refractivity contribution in [1.82, 2.24) is 4.73 Å². The fourth-order valence-electron chi connectivity index (χ4n) is 2.70. The van der Waals surface area contributed by atoms with Crippen molar-refractivity contribution in [1.29, 1.82) is 0 Å². The minimum Gasteiger partial charge on any atom is -0.502 e. The Morgan fingerprint density at radius 2 is 1.62 bits per heavy atom. The molecule has 2 N–H and O–H groups in total. The normalized spacial score (nSPS) is 11.4. The molecule has 0 aliphatic carbocycles. The first-order chi connectivity index (χ1) is 10.2. The summed E-state index contributed by atoms with van der Waals surface area (Å²) in [7, 11) is 0. The summed E-state index contributed by atoms with van der Waals surface area (Å²) in [6, 6.07) is 15.6. The molecule has 21 heavy (non-hydrogen) atoms. The minimum absolute atomic E-state index is 0.0442. The van der Waals surface area contributed by atoms with Crippen LogP contribution in [0.5, 0.6) is 5.75 Å². The summed E-state index contributed by atoms with van der Waals surface area (Å²) >= 11 is 0. The van der Waals surface area contributed by atoms with Gasteiger partial charge in [-0.1, -0.05) is 30.3 Å². The molecule has 1 aromatic heterocycles. The molecule has 0 radical (unpaired) electrons. The molecule has 4 rings (SSSR count). The van der Waals surface area contributed by atoms with Crippen molar-refractivity contribution in [2.24, 2.45) is 0 Å². The molecule has 0 atom stereocenters. The molecule has 1 heterocycles. The van der Waals surface area contributed by atoms with E-state index < -0.39 is 0 Å². The Bertz CT molecular complexity index is 1080. The summed E-state index contributed by atoms with van der Waals surface area (Å²) in [6.07, 6.45) is 0. The molecule has 0 spiro atoms. The molecule has 102 valence electrons. The average Bonchev–Trinajstić information content (AvgIpc) is 2.51. The summed E-state index contributed by atoms with van der Waals surface area (Å²) in [5.41, 5.74) is 0.988. The van der Waals surface area contributed by atoms with E-state index in [9.17, 15) is 15.2 Å². The molecule has 0 saturated heterocycles. The molecule has 0 amide bonds. The third-order valence-corrected chi connectivity index (χ3v) is 3.71. The Balaban J connectivity index is 2.35. The van der Waals surface area contributed by atoms with E-state index in [1.807, 2.05) is 24.3 Å². The van der Waals surface area contributed by atoms with E-state index in [1.54, 1.807) is 24.3 Å². The number of aromatic hydroxyl groups is 1. The summed E-state index contributed by atoms with van der Waals surface area (Å²) in [4.78, 5) is 12.5. The molecule has 5 nitrogen and oxygen atoms in total. The summed E-state index contributed by atoms with van der Waals surface area (Å²) in [6.45, 7) is 0. The van der Waals surface area contributed by atoms with Crippen molar-refractivity contribution in [2.75, 3.05) is 0 Å². The van der Waals surface area contributed by atoms with Crippen LogP contribution in [-0.2, 0) is 0 Å². The molecule has 0 aliphatic rings. The highest BCUT2D eigenvalue weighted by molar-refractivity contribution is 5.96. The van der Waals surface area contributed by atoms with Gasteiger partial charge in [0, 0.05) is 11.0 Å². The fraction of sp³-hybridized carbons (Fsp3) is 0. The number of hydrogen-bond acceptors (Lipinski definition) is 3. The van der Waals surface area contributed by atoms with E-state index in [2.05, 4.69) is 0 Å². The summed E-state index contributed by atoms with van der Waals surface area (Å²) in [5.74, 6) is -0.166. The zero-order valence-electron chi connectivity index (χ0n) is 10.9. The van der Waals surface area contributed by atoms with E-state index in [-0.39, 0.29) is 16.8 Å². The van der Waals surface area contributed by atoms with Crippen LogP contribution in [0.2, 0.25) is 0 Å². The second kappa shape index (κ2) is 3.96. The minimum atomic E-state index is -0.166. The highest BCUT2D eigenvalue weighted by Gasteiger charge is 2.22. The van der Waals surface area contributed by atoms with Gasteiger partial charge in [0.2, 0.25) is 0 Å². The quantitative estimate of drug-likeness (QED) is 0.295. The monoisotopic (exact) mass is 279 g/mol. The van der Waals surface area contributed by atoms with Gasteiger partial charge < -0.3 is 10.3 Å². The lowest BCUT2D eigenvalue weighted by molar-refractivity contribution is -0.433. The van der Waals surface area contributed by atoms with Gasteiger partial charge in [-0.3, -0.25) is 0 Å². The van der Waals surface area contributed by atoms with E-state index in [0.29, 0.717) is 15.5 Å². The topological polar surface area (TPSA) is 68.4 Å². The average molecular weight is 279 g/mol. The Morgan fingerprint density at radius 3 is 2.38 bits per heavy atom. The van der Waals surface area contributed by atoms with Crippen LogP contribution in [0.15, 0.2) is 54.6 Å². The Labute approximate surface area is 118 Å². The van der Waals surface area contributed by atoms with Gasteiger partial charge in [-0.15, -0.1) is 0 Å². The van der Waals surface area contributed by atoms with Crippen LogP contribution < -0.4 is 4.43 Å². The smallest absolute Gasteiger partial charge is 0.331 e. The van der Waals surface area contributed by atoms with Gasteiger partial charge in [-0.2, -0.15) is 4.73 Å². The highest BCUT2D eigenvalue weighted by Crippen LogP contribution is 2.26. The maximum absolute atomic E-state index is 12.5. The van der Waals surface area contributed by atoms with Crippen molar-refractivity contribution >= 4 is 32.8 Å². The number of phenols is 1. The van der Waals surface area contributed by atoms with E-state index in [1.165, 1.54) is 6.07 Å². The number of para-hydroxylation sites is 1. The lowest BCUT2D eigenvalue weighted by Crippen LogP contribution is -2.20. The number of phenolic OH excluding ortho intramolecular Hbond substituents is 1. The standard InChI is InChI=1S/C16H10N2O3/c19-15-7-3-6-12-16(15)18(21)14-9-11-5-2-1-4-10(11)8-13(14)17(12)20/h1-9,20H/p+1. The Hall–Kier alpha value is -3.08. The van der Waals surface area contributed by atoms with Crippen molar-refractivity contribution in [2.45, 2.75) is 0 Å². The van der Waals surface area contributed by atoms with E-state index in [0.717, 1.165) is 15.5 Å². The molecule has 0 saturated carbocycles. The van der Waals surface area contributed by atoms with Crippen LogP contribution >= 0.6 is 0 Å². The molecule has 0 bridgehead atoms. The molecular weight excluding hydrogens is 268 g/mol. The SMILES string of the molecule is O=[n+]1c2cc3ccccc3cc2n(O)c2cccc(O)c21. The van der Waals surface area contributed by atoms with Crippen LogP contribution in [0.4, 0.5) is 0 Å². The van der Waals surface area contributed by atoms with Crippen LogP contribution in [0.25, 0.3) is 32.8 Å². The second-order valence-electron chi connectivity index (χ2n) is 4.94. The number of rotatable bonds is 0. The lowest BCUT2D eigenvalue weighted by Gasteiger charge is -2.05. The summed E-state index contributed by atoms with van der Waals surface area (Å²) in [5, 5.41) is 22.1. The largest absolute Gasteiger partial charge is 0.502 e. The third kappa shape index (κ3) is 1.51. The zero-order chi connectivity index (χ0) is 14.6. The molecular formula is C16H11N2O3+. The number of nitrogens with zero attached hydrogens (tertiary/aromatic N) is 2. The first-order valence-corrected chi connectivity index (χ1v) is 6.48. The number of benzene rings is 3. The Kier molecular flexibility index (Phi) is 2.21. The molecule has 4 aromatic rings. The zero-order valence-corrected chi connectivity index (χ0v) is 10.9. The predicted molar refractivity (Wildman–Crippen MR) is 79.2 cm³/mol. The molecule has 3 aromatic carbocycles. The molecule has 0 aliphatic heterocycles. The molecule has 0 fully saturated rings. The predicted octanol–water partition coefficient (Wildman–Crippen LogP) is 2.81. The molecule has 5 heteroatoms. The van der Waals surface area contributed by atoms with Gasteiger partial charge >= 0.3 is 5.52 Å². The first kappa shape index (κ1) is 11.7. The summed E-state index contributed by atoms with van der Waals surface area (Å²) < 4.78 is 1.59. The molecule has 0 unspecified atom stereocenters. The van der Waals surface area contributed by atoms with Gasteiger partial charge in [0.05, 0.1) is 4.43 Å². The van der Waals surface area contributed by atoms with Crippen LogP contribution in [0.3, 0.4) is 0 Å². The van der Waals surface area contributed by atoms with E-state index >= 15 is 0 Å². The van der Waals surface area contributed by atoms with Crippen LogP contribution in [0.1, 0.15) is 0 Å². The lowest BCUT2D eigenvalue weighted by atomic mass is 10.1. The third-order valence-electron chi connectivity index (χ3n) is 3.71. The van der Waals surface area contributed by atoms with Gasteiger partial charge in [0.25, 0.3) is 5.52 Å². The highest BCUT2D eigenvalue weighted by atomic mass is 16.5. The maximum Gasteiger partial charge on any atom is 0.331 e. The second-order valence-corrected chi connectivity index (χ2v) is 4.94. The van der Waals surface area contributed by atoms with Crippen molar-refractivity contribution in [3.05, 3.63) is 59.5 Å². The van der Waals surface area contributed by atoms with Crippen LogP contribution in [-0.4, -0.2) is 15.0 Å². The number of hydrogen-bond donors (Lipinski definition) is 2. The fourth-order valence-corrected chi connectivity index (χ4v) is 2.70. The maximum atomic E-state index is 12.5. The van der Waals surface area contributed by atoms with Gasteiger partial charge in [0.15, 0.2) is 16.8 Å². The van der Waals surface area contributed by atoms with Crippen molar-refractivity contribution in [3.63, 3.8) is 0 Å². The van der Waals surface area contributed by atoms with Crippen molar-refractivity contribution in [3.8, 4) is 5.75 Å². The van der Waals surface area contributed by atoms with Gasteiger partial charge in [-0.25, -0.2) is 0 Å². The Morgan fingerprint density at radius 1 is 0.905 bits per heavy atom. The van der Waals surface area contributed by atoms with E-state index in [4.69, 9.17) is 0 Å². The number of fused-ring (bicyclic) bond motifs is 3. The van der Waals surface area contributed by atoms with Gasteiger partial charge in [0.1, 0.15) is 0 Å².